The number of halogens is 3. The molecule has 1 fully saturated rings. The summed E-state index contributed by atoms with van der Waals surface area (Å²) < 4.78 is 38.1. The summed E-state index contributed by atoms with van der Waals surface area (Å²) in [7, 11) is 0. The monoisotopic (exact) mass is 300 g/mol. The van der Waals surface area contributed by atoms with E-state index in [4.69, 9.17) is 5.84 Å². The van der Waals surface area contributed by atoms with Crippen molar-refractivity contribution in [2.24, 2.45) is 11.8 Å². The SMILES string of the molecule is Cc1cc(C(F)(F)F)ccc1C(CC1CCCCC1)NN. The van der Waals surface area contributed by atoms with Gasteiger partial charge in [-0.3, -0.25) is 11.3 Å². The van der Waals surface area contributed by atoms with Crippen LogP contribution in [0.4, 0.5) is 13.2 Å². The van der Waals surface area contributed by atoms with Crippen LogP contribution < -0.4 is 11.3 Å². The van der Waals surface area contributed by atoms with Crippen LogP contribution in [0.3, 0.4) is 0 Å². The lowest BCUT2D eigenvalue weighted by Crippen LogP contribution is -2.30. The molecule has 1 aromatic carbocycles. The first-order valence-electron chi connectivity index (χ1n) is 7.55. The van der Waals surface area contributed by atoms with Crippen LogP contribution in [0.15, 0.2) is 18.2 Å². The molecule has 0 aromatic heterocycles. The van der Waals surface area contributed by atoms with Crippen LogP contribution in [-0.2, 0) is 6.18 Å². The standard InChI is InChI=1S/C16H23F3N2/c1-11-9-13(16(17,18)19)7-8-14(11)15(21-20)10-12-5-3-2-4-6-12/h7-9,12,15,21H,2-6,10,20H2,1H3. The number of nitrogens with one attached hydrogen (secondary N) is 1. The molecular formula is C16H23F3N2. The van der Waals surface area contributed by atoms with E-state index < -0.39 is 11.7 Å². The molecule has 3 N–H and O–H groups in total. The Morgan fingerprint density at radius 2 is 1.90 bits per heavy atom. The Morgan fingerprint density at radius 1 is 1.24 bits per heavy atom. The van der Waals surface area contributed by atoms with Crippen LogP contribution in [0.5, 0.6) is 0 Å². The van der Waals surface area contributed by atoms with Gasteiger partial charge in [-0.2, -0.15) is 13.2 Å². The number of nitrogens with two attached hydrogens (primary N) is 1. The van der Waals surface area contributed by atoms with Gasteiger partial charge in [-0.1, -0.05) is 38.2 Å². The van der Waals surface area contributed by atoms with E-state index in [1.54, 1.807) is 13.0 Å². The van der Waals surface area contributed by atoms with E-state index in [0.29, 0.717) is 11.5 Å². The minimum atomic E-state index is -4.29. The summed E-state index contributed by atoms with van der Waals surface area (Å²) in [5.74, 6) is 6.25. The highest BCUT2D eigenvalue weighted by molar-refractivity contribution is 5.34. The molecule has 0 spiro atoms. The summed E-state index contributed by atoms with van der Waals surface area (Å²) in [4.78, 5) is 0. The number of hydrazine groups is 1. The van der Waals surface area contributed by atoms with E-state index in [-0.39, 0.29) is 6.04 Å². The second-order valence-corrected chi connectivity index (χ2v) is 6.03. The van der Waals surface area contributed by atoms with Gasteiger partial charge in [-0.25, -0.2) is 0 Å². The zero-order chi connectivity index (χ0) is 15.5. The van der Waals surface area contributed by atoms with E-state index in [1.807, 2.05) is 0 Å². The Labute approximate surface area is 123 Å². The molecule has 0 bridgehead atoms. The predicted octanol–water partition coefficient (Wildman–Crippen LogP) is 4.49. The molecule has 1 saturated carbocycles. The molecule has 1 atom stereocenters. The molecule has 0 amide bonds. The van der Waals surface area contributed by atoms with Crippen molar-refractivity contribution >= 4 is 0 Å². The lowest BCUT2D eigenvalue weighted by atomic mass is 9.82. The molecule has 0 aliphatic heterocycles. The summed E-state index contributed by atoms with van der Waals surface area (Å²) in [6.45, 7) is 1.72. The number of benzene rings is 1. The Hall–Kier alpha value is -1.07. The molecule has 2 nitrogen and oxygen atoms in total. The van der Waals surface area contributed by atoms with Crippen LogP contribution in [0.25, 0.3) is 0 Å². The number of alkyl halides is 3. The van der Waals surface area contributed by atoms with E-state index in [2.05, 4.69) is 5.43 Å². The number of hydrogen-bond acceptors (Lipinski definition) is 2. The molecule has 1 unspecified atom stereocenters. The van der Waals surface area contributed by atoms with Gasteiger partial charge < -0.3 is 0 Å². The first kappa shape index (κ1) is 16.3. The molecule has 21 heavy (non-hydrogen) atoms. The third-order valence-electron chi connectivity index (χ3n) is 4.47. The third kappa shape index (κ3) is 4.20. The number of rotatable bonds is 4. The summed E-state index contributed by atoms with van der Waals surface area (Å²) >= 11 is 0. The highest BCUT2D eigenvalue weighted by Gasteiger charge is 2.31. The van der Waals surface area contributed by atoms with Crippen LogP contribution >= 0.6 is 0 Å². The second kappa shape index (κ2) is 6.79. The Bertz CT molecular complexity index is 465. The molecule has 0 heterocycles. The molecular weight excluding hydrogens is 277 g/mol. The Balaban J connectivity index is 2.14. The molecule has 5 heteroatoms. The van der Waals surface area contributed by atoms with Gasteiger partial charge in [0.05, 0.1) is 5.56 Å². The molecule has 0 radical (unpaired) electrons. The molecule has 0 saturated heterocycles. The minimum absolute atomic E-state index is 0.0737. The van der Waals surface area contributed by atoms with Crippen molar-refractivity contribution in [1.29, 1.82) is 0 Å². The fraction of sp³-hybridized carbons (Fsp3) is 0.625. The van der Waals surface area contributed by atoms with Gasteiger partial charge in [0.2, 0.25) is 0 Å². The summed E-state index contributed by atoms with van der Waals surface area (Å²) in [5, 5.41) is 0. The van der Waals surface area contributed by atoms with Crippen molar-refractivity contribution in [3.8, 4) is 0 Å². The van der Waals surface area contributed by atoms with Gasteiger partial charge in [-0.15, -0.1) is 0 Å². The topological polar surface area (TPSA) is 38.0 Å². The maximum absolute atomic E-state index is 12.7. The van der Waals surface area contributed by atoms with Gasteiger partial charge in [0.15, 0.2) is 0 Å². The number of aryl methyl sites for hydroxylation is 1. The maximum Gasteiger partial charge on any atom is 0.416 e. The molecule has 2 rings (SSSR count). The predicted molar refractivity (Wildman–Crippen MR) is 77.4 cm³/mol. The summed E-state index contributed by atoms with van der Waals surface area (Å²) in [6, 6.07) is 3.84. The third-order valence-corrected chi connectivity index (χ3v) is 4.47. The van der Waals surface area contributed by atoms with Crippen molar-refractivity contribution in [3.63, 3.8) is 0 Å². The van der Waals surface area contributed by atoms with Gasteiger partial charge in [-0.05, 0) is 42.5 Å². The van der Waals surface area contributed by atoms with E-state index in [9.17, 15) is 13.2 Å². The number of hydrogen-bond donors (Lipinski definition) is 2. The molecule has 1 aliphatic rings. The Morgan fingerprint density at radius 3 is 2.43 bits per heavy atom. The van der Waals surface area contributed by atoms with Gasteiger partial charge >= 0.3 is 6.18 Å². The zero-order valence-corrected chi connectivity index (χ0v) is 12.3. The average molecular weight is 300 g/mol. The first-order valence-corrected chi connectivity index (χ1v) is 7.55. The van der Waals surface area contributed by atoms with E-state index in [1.165, 1.54) is 38.2 Å². The van der Waals surface area contributed by atoms with Crippen molar-refractivity contribution in [2.75, 3.05) is 0 Å². The van der Waals surface area contributed by atoms with Crippen molar-refractivity contribution < 1.29 is 13.2 Å². The fourth-order valence-electron chi connectivity index (χ4n) is 3.28. The average Bonchev–Trinajstić information content (AvgIpc) is 2.45. The van der Waals surface area contributed by atoms with Crippen LogP contribution in [-0.4, -0.2) is 0 Å². The lowest BCUT2D eigenvalue weighted by Gasteiger charge is -2.27. The summed E-state index contributed by atoms with van der Waals surface area (Å²) in [6.07, 6.45) is 2.76. The zero-order valence-electron chi connectivity index (χ0n) is 12.3. The highest BCUT2D eigenvalue weighted by Crippen LogP contribution is 2.35. The maximum atomic E-state index is 12.7. The first-order chi connectivity index (χ1) is 9.91. The van der Waals surface area contributed by atoms with Crippen LogP contribution in [0, 0.1) is 12.8 Å². The van der Waals surface area contributed by atoms with Gasteiger partial charge in [0.25, 0.3) is 0 Å². The minimum Gasteiger partial charge on any atom is -0.271 e. The quantitative estimate of drug-likeness (QED) is 0.635. The normalized spacial score (nSPS) is 18.7. The Kier molecular flexibility index (Phi) is 5.27. The summed E-state index contributed by atoms with van der Waals surface area (Å²) in [5.41, 5.74) is 3.70. The van der Waals surface area contributed by atoms with Crippen LogP contribution in [0.2, 0.25) is 0 Å². The van der Waals surface area contributed by atoms with E-state index >= 15 is 0 Å². The van der Waals surface area contributed by atoms with Crippen LogP contribution in [0.1, 0.15) is 61.3 Å². The molecule has 1 aromatic rings. The van der Waals surface area contributed by atoms with Crippen molar-refractivity contribution in [1.82, 2.24) is 5.43 Å². The largest absolute Gasteiger partial charge is 0.416 e. The van der Waals surface area contributed by atoms with Gasteiger partial charge in [0, 0.05) is 6.04 Å². The lowest BCUT2D eigenvalue weighted by molar-refractivity contribution is -0.137. The molecule has 1 aliphatic carbocycles. The smallest absolute Gasteiger partial charge is 0.271 e. The highest BCUT2D eigenvalue weighted by atomic mass is 19.4. The molecule has 118 valence electrons. The van der Waals surface area contributed by atoms with Crippen molar-refractivity contribution in [2.45, 2.75) is 57.7 Å². The fourth-order valence-corrected chi connectivity index (χ4v) is 3.28. The van der Waals surface area contributed by atoms with Gasteiger partial charge in [0.1, 0.15) is 0 Å². The second-order valence-electron chi connectivity index (χ2n) is 6.03. The van der Waals surface area contributed by atoms with E-state index in [0.717, 1.165) is 18.1 Å². The van der Waals surface area contributed by atoms with Crippen molar-refractivity contribution in [3.05, 3.63) is 34.9 Å².